The second-order valence-corrected chi connectivity index (χ2v) is 7.58. The highest BCUT2D eigenvalue weighted by molar-refractivity contribution is 8.01. The second kappa shape index (κ2) is 9.77. The number of thioether (sulfide) groups is 1. The van der Waals surface area contributed by atoms with Crippen LogP contribution in [-0.2, 0) is 29.2 Å². The Morgan fingerprint density at radius 2 is 2.07 bits per heavy atom. The number of aryl methyl sites for hydroxylation is 1. The first-order valence-electron chi connectivity index (χ1n) is 8.45. The van der Waals surface area contributed by atoms with Crippen LogP contribution in [0.3, 0.4) is 0 Å². The van der Waals surface area contributed by atoms with E-state index < -0.39 is 0 Å². The molecule has 1 unspecified atom stereocenters. The lowest BCUT2D eigenvalue weighted by atomic mass is 10.1. The first kappa shape index (κ1) is 21.3. The van der Waals surface area contributed by atoms with Crippen molar-refractivity contribution in [1.82, 2.24) is 15.8 Å². The molecule has 146 valence electrons. The minimum absolute atomic E-state index is 0. The molecule has 0 bridgehead atoms. The van der Waals surface area contributed by atoms with Gasteiger partial charge in [-0.25, -0.2) is 0 Å². The van der Waals surface area contributed by atoms with Crippen LogP contribution in [-0.4, -0.2) is 28.0 Å². The third kappa shape index (κ3) is 5.98. The highest BCUT2D eigenvalue weighted by Crippen LogP contribution is 2.17. The van der Waals surface area contributed by atoms with E-state index in [1.54, 1.807) is 19.9 Å². The number of halogens is 1. The number of fused-ring (bicyclic) bond motifs is 1. The smallest absolute Gasteiger partial charge is 0.238 e. The number of amides is 2. The highest BCUT2D eigenvalue weighted by Gasteiger charge is 2.17. The zero-order valence-corrected chi connectivity index (χ0v) is 16.8. The van der Waals surface area contributed by atoms with Gasteiger partial charge < -0.3 is 20.5 Å². The first-order valence-corrected chi connectivity index (χ1v) is 9.50. The van der Waals surface area contributed by atoms with Crippen molar-refractivity contribution < 1.29 is 14.1 Å². The fourth-order valence-electron chi connectivity index (χ4n) is 2.64. The van der Waals surface area contributed by atoms with Crippen molar-refractivity contribution in [3.63, 3.8) is 0 Å². The van der Waals surface area contributed by atoms with Gasteiger partial charge >= 0.3 is 0 Å². The van der Waals surface area contributed by atoms with Gasteiger partial charge in [-0.3, -0.25) is 9.59 Å². The maximum Gasteiger partial charge on any atom is 0.238 e. The second-order valence-electron chi connectivity index (χ2n) is 6.25. The normalized spacial score (nSPS) is 13.4. The molecule has 0 spiro atoms. The summed E-state index contributed by atoms with van der Waals surface area (Å²) < 4.78 is 4.91. The molecular weight excluding hydrogens is 388 g/mol. The van der Waals surface area contributed by atoms with E-state index in [2.05, 4.69) is 33.2 Å². The van der Waals surface area contributed by atoms with Gasteiger partial charge in [-0.1, -0.05) is 23.4 Å². The number of carbonyl (C=O) groups excluding carboxylic acids is 2. The van der Waals surface area contributed by atoms with Crippen molar-refractivity contribution >= 4 is 41.8 Å². The molecule has 1 aliphatic rings. The summed E-state index contributed by atoms with van der Waals surface area (Å²) in [6, 6.07) is 7.91. The van der Waals surface area contributed by atoms with Crippen LogP contribution in [0.5, 0.6) is 0 Å². The van der Waals surface area contributed by atoms with Crippen LogP contribution < -0.4 is 16.0 Å². The Morgan fingerprint density at radius 1 is 1.30 bits per heavy atom. The minimum atomic E-state index is -0.371. The fourth-order valence-corrected chi connectivity index (χ4v) is 3.35. The van der Waals surface area contributed by atoms with Crippen LogP contribution in [0.2, 0.25) is 0 Å². The van der Waals surface area contributed by atoms with Gasteiger partial charge in [0.1, 0.15) is 5.76 Å². The monoisotopic (exact) mass is 410 g/mol. The van der Waals surface area contributed by atoms with Crippen LogP contribution >= 0.6 is 24.2 Å². The zero-order valence-electron chi connectivity index (χ0n) is 15.2. The summed E-state index contributed by atoms with van der Waals surface area (Å²) in [4.78, 5) is 24.1. The molecule has 27 heavy (non-hydrogen) atoms. The van der Waals surface area contributed by atoms with Gasteiger partial charge in [0.2, 0.25) is 11.8 Å². The lowest BCUT2D eigenvalue weighted by Crippen LogP contribution is -2.28. The number of nitrogens with zero attached hydrogens (tertiary/aromatic N) is 1. The predicted octanol–water partition coefficient (Wildman–Crippen LogP) is 2.38. The highest BCUT2D eigenvalue weighted by atomic mass is 35.5. The fraction of sp³-hybridized carbons (Fsp3) is 0.389. The lowest BCUT2D eigenvalue weighted by Gasteiger charge is -2.11. The van der Waals surface area contributed by atoms with Gasteiger partial charge in [0, 0.05) is 25.7 Å². The van der Waals surface area contributed by atoms with Crippen LogP contribution in [0.4, 0.5) is 5.82 Å². The average Bonchev–Trinajstić information content (AvgIpc) is 3.25. The van der Waals surface area contributed by atoms with Crippen molar-refractivity contribution in [2.75, 3.05) is 11.1 Å². The molecule has 1 aromatic heterocycles. The van der Waals surface area contributed by atoms with Crippen molar-refractivity contribution in [2.24, 2.45) is 0 Å². The molecular formula is C18H23ClN4O3S. The number of rotatable bonds is 7. The summed E-state index contributed by atoms with van der Waals surface area (Å²) in [6.07, 6.45) is 0. The first-order chi connectivity index (χ1) is 12.5. The van der Waals surface area contributed by atoms with Crippen LogP contribution in [0.15, 0.2) is 28.8 Å². The molecule has 0 radical (unpaired) electrons. The molecule has 0 fully saturated rings. The van der Waals surface area contributed by atoms with E-state index in [1.807, 2.05) is 6.07 Å². The SMILES string of the molecule is Cc1cc(NC(=O)C(C)SCC(=O)NCc2ccc3c(c2)CNC3)no1.Cl. The minimum Gasteiger partial charge on any atom is -0.360 e. The van der Waals surface area contributed by atoms with Crippen molar-refractivity contribution in [1.29, 1.82) is 0 Å². The van der Waals surface area contributed by atoms with Crippen molar-refractivity contribution in [2.45, 2.75) is 38.7 Å². The summed E-state index contributed by atoms with van der Waals surface area (Å²) in [7, 11) is 0. The Bertz CT molecular complexity index is 812. The molecule has 2 heterocycles. The van der Waals surface area contributed by atoms with Crippen molar-refractivity contribution in [3.8, 4) is 0 Å². The topological polar surface area (TPSA) is 96.3 Å². The molecule has 1 aromatic carbocycles. The third-order valence-electron chi connectivity index (χ3n) is 4.10. The largest absolute Gasteiger partial charge is 0.360 e. The maximum atomic E-state index is 12.1. The molecule has 0 saturated heterocycles. The Kier molecular flexibility index (Phi) is 7.70. The number of aromatic nitrogens is 1. The van der Waals surface area contributed by atoms with Gasteiger partial charge in [0.05, 0.1) is 11.0 Å². The van der Waals surface area contributed by atoms with Crippen LogP contribution in [0.1, 0.15) is 29.4 Å². The number of anilines is 1. The molecule has 2 amide bonds. The summed E-state index contributed by atoms with van der Waals surface area (Å²) in [5.74, 6) is 0.935. The predicted molar refractivity (Wildman–Crippen MR) is 108 cm³/mol. The summed E-state index contributed by atoms with van der Waals surface area (Å²) in [6.45, 7) is 5.79. The maximum absolute atomic E-state index is 12.1. The molecule has 1 aliphatic heterocycles. The Hall–Kier alpha value is -2.03. The van der Waals surface area contributed by atoms with Crippen LogP contribution in [0.25, 0.3) is 0 Å². The summed E-state index contributed by atoms with van der Waals surface area (Å²) in [5, 5.41) is 12.2. The Labute approximate surface area is 168 Å². The standard InChI is InChI=1S/C18H22N4O3S.ClH/c1-11-5-16(22-25-11)21-18(24)12(2)26-10-17(23)20-7-13-3-4-14-8-19-9-15(14)6-13;/h3-6,12,19H,7-10H2,1-2H3,(H,20,23)(H,21,22,24);1H. The van der Waals surface area contributed by atoms with Crippen LogP contribution in [0, 0.1) is 6.92 Å². The molecule has 0 aliphatic carbocycles. The van der Waals surface area contributed by atoms with Gasteiger partial charge in [-0.05, 0) is 30.5 Å². The molecule has 3 rings (SSSR count). The third-order valence-corrected chi connectivity index (χ3v) is 5.25. The number of nitrogens with one attached hydrogen (secondary N) is 3. The summed E-state index contributed by atoms with van der Waals surface area (Å²) in [5.41, 5.74) is 3.69. The average molecular weight is 411 g/mol. The van der Waals surface area contributed by atoms with E-state index in [-0.39, 0.29) is 35.2 Å². The quantitative estimate of drug-likeness (QED) is 0.648. The molecule has 0 saturated carbocycles. The van der Waals surface area contributed by atoms with E-state index in [1.165, 1.54) is 22.9 Å². The molecule has 7 nitrogen and oxygen atoms in total. The van der Waals surface area contributed by atoms with E-state index in [9.17, 15) is 9.59 Å². The zero-order chi connectivity index (χ0) is 18.5. The molecule has 1 atom stereocenters. The lowest BCUT2D eigenvalue weighted by molar-refractivity contribution is -0.118. The molecule has 3 N–H and O–H groups in total. The van der Waals surface area contributed by atoms with Gasteiger partial charge in [-0.2, -0.15) is 0 Å². The van der Waals surface area contributed by atoms with E-state index in [4.69, 9.17) is 4.52 Å². The molecule has 2 aromatic rings. The summed E-state index contributed by atoms with van der Waals surface area (Å²) >= 11 is 1.28. The van der Waals surface area contributed by atoms with Gasteiger partial charge in [0.15, 0.2) is 5.82 Å². The van der Waals surface area contributed by atoms with Crippen molar-refractivity contribution in [3.05, 3.63) is 46.7 Å². The number of hydrogen-bond donors (Lipinski definition) is 3. The number of carbonyl (C=O) groups is 2. The van der Waals surface area contributed by atoms with Gasteiger partial charge in [0.25, 0.3) is 0 Å². The van der Waals surface area contributed by atoms with E-state index in [0.29, 0.717) is 18.1 Å². The van der Waals surface area contributed by atoms with E-state index >= 15 is 0 Å². The Morgan fingerprint density at radius 3 is 2.81 bits per heavy atom. The van der Waals surface area contributed by atoms with Gasteiger partial charge in [-0.15, -0.1) is 24.2 Å². The van der Waals surface area contributed by atoms with E-state index in [0.717, 1.165) is 18.7 Å². The molecule has 9 heteroatoms. The Balaban J connectivity index is 0.00000261. The number of hydrogen-bond acceptors (Lipinski definition) is 6. The number of benzene rings is 1.